The number of hydrogen-bond acceptors (Lipinski definition) is 8. The van der Waals surface area contributed by atoms with Crippen LogP contribution in [0, 0.1) is 5.92 Å². The van der Waals surface area contributed by atoms with Crippen LogP contribution in [0.15, 0.2) is 42.0 Å². The molecular weight excluding hydrogens is 432 g/mol. The summed E-state index contributed by atoms with van der Waals surface area (Å²) in [5, 5.41) is -0.243. The Bertz CT molecular complexity index is 1090. The highest BCUT2D eigenvalue weighted by atomic mass is 32.2. The van der Waals surface area contributed by atoms with Crippen LogP contribution in [0.4, 0.5) is 4.79 Å². The van der Waals surface area contributed by atoms with Crippen molar-refractivity contribution in [2.45, 2.75) is 45.1 Å². The monoisotopic (exact) mass is 460 g/mol. The van der Waals surface area contributed by atoms with Gasteiger partial charge in [-0.05, 0) is 43.9 Å². The second-order valence-corrected chi connectivity index (χ2v) is 10.7. The molecule has 10 heteroatoms. The van der Waals surface area contributed by atoms with Crippen molar-refractivity contribution in [3.05, 3.63) is 48.1 Å². The predicted molar refractivity (Wildman–Crippen MR) is 119 cm³/mol. The largest absolute Gasteiger partial charge is 0.484 e. The van der Waals surface area contributed by atoms with Gasteiger partial charge in [-0.3, -0.25) is 4.98 Å². The molecule has 1 aliphatic heterocycles. The summed E-state index contributed by atoms with van der Waals surface area (Å²) in [4.78, 5) is 26.1. The molecule has 0 saturated carbocycles. The van der Waals surface area contributed by atoms with E-state index in [2.05, 4.69) is 21.9 Å². The maximum atomic E-state index is 12.3. The summed E-state index contributed by atoms with van der Waals surface area (Å²) in [7, 11) is -3.45. The average molecular weight is 461 g/mol. The van der Waals surface area contributed by atoms with Gasteiger partial charge in [-0.15, -0.1) is 0 Å². The van der Waals surface area contributed by atoms with Crippen molar-refractivity contribution in [2.24, 2.45) is 5.92 Å². The summed E-state index contributed by atoms with van der Waals surface area (Å²) >= 11 is 0. The topological polar surface area (TPSA) is 112 Å². The molecule has 1 amide bonds. The first-order valence-corrected chi connectivity index (χ1v) is 12.1. The van der Waals surface area contributed by atoms with Crippen LogP contribution < -0.4 is 4.74 Å². The first kappa shape index (κ1) is 23.6. The molecule has 0 spiro atoms. The molecule has 1 atom stereocenters. The molecule has 32 heavy (non-hydrogen) atoms. The molecule has 9 nitrogen and oxygen atoms in total. The van der Waals surface area contributed by atoms with Crippen molar-refractivity contribution in [3.63, 3.8) is 0 Å². The molecule has 172 valence electrons. The second kappa shape index (κ2) is 9.23. The molecule has 3 rings (SSSR count). The first-order valence-electron chi connectivity index (χ1n) is 10.2. The van der Waals surface area contributed by atoms with Gasteiger partial charge in [0.2, 0.25) is 15.0 Å². The normalized spacial score (nSPS) is 17.0. The van der Waals surface area contributed by atoms with E-state index in [0.29, 0.717) is 24.5 Å². The van der Waals surface area contributed by atoms with Gasteiger partial charge in [0.1, 0.15) is 12.2 Å². The van der Waals surface area contributed by atoms with Crippen LogP contribution in [0.1, 0.15) is 39.0 Å². The number of rotatable bonds is 5. The molecule has 0 aliphatic carbocycles. The van der Waals surface area contributed by atoms with E-state index in [0.717, 1.165) is 17.4 Å². The fraction of sp³-hybridized carbons (Fsp3) is 0.455. The standard InChI is InChI=1S/C22H28N4O5S/c1-15-13-26(21(27)31-22(2,3)4)9-8-19(15)16-6-7-17(23-10-16)14-30-18-11-24-20(25-12-18)32(5,28)29/h6-8,10-12,15H,9,13-14H2,1-5H3. The number of pyridine rings is 1. The van der Waals surface area contributed by atoms with Crippen LogP contribution in [0.25, 0.3) is 5.57 Å². The summed E-state index contributed by atoms with van der Waals surface area (Å²) in [5.74, 6) is 0.500. The molecule has 2 aromatic rings. The Kier molecular flexibility index (Phi) is 6.82. The number of carbonyl (C=O) groups excluding carboxylic acids is 1. The Morgan fingerprint density at radius 1 is 1.16 bits per heavy atom. The molecule has 1 unspecified atom stereocenters. The molecule has 0 fully saturated rings. The van der Waals surface area contributed by atoms with Gasteiger partial charge >= 0.3 is 6.09 Å². The van der Waals surface area contributed by atoms with Crippen molar-refractivity contribution in [1.82, 2.24) is 19.9 Å². The Labute approximate surface area is 188 Å². The lowest BCUT2D eigenvalue weighted by Crippen LogP contribution is -2.41. The zero-order valence-electron chi connectivity index (χ0n) is 18.9. The van der Waals surface area contributed by atoms with Gasteiger partial charge in [-0.1, -0.05) is 19.1 Å². The zero-order chi connectivity index (χ0) is 23.5. The van der Waals surface area contributed by atoms with E-state index in [9.17, 15) is 13.2 Å². The van der Waals surface area contributed by atoms with Crippen LogP contribution >= 0.6 is 0 Å². The third-order valence-corrected chi connectivity index (χ3v) is 5.56. The van der Waals surface area contributed by atoms with Crippen molar-refractivity contribution < 1.29 is 22.7 Å². The predicted octanol–water partition coefficient (Wildman–Crippen LogP) is 3.12. The lowest BCUT2D eigenvalue weighted by atomic mass is 9.91. The Morgan fingerprint density at radius 2 is 1.84 bits per heavy atom. The quantitative estimate of drug-likeness (QED) is 0.626. The molecule has 0 saturated heterocycles. The summed E-state index contributed by atoms with van der Waals surface area (Å²) in [6.45, 7) is 8.90. The van der Waals surface area contributed by atoms with E-state index in [1.807, 2.05) is 39.0 Å². The van der Waals surface area contributed by atoms with E-state index in [1.54, 1.807) is 11.1 Å². The molecule has 1 aliphatic rings. The highest BCUT2D eigenvalue weighted by Crippen LogP contribution is 2.28. The number of amides is 1. The third kappa shape index (κ3) is 6.25. The van der Waals surface area contributed by atoms with Crippen molar-refractivity contribution in [2.75, 3.05) is 19.3 Å². The highest BCUT2D eigenvalue weighted by Gasteiger charge is 2.27. The highest BCUT2D eigenvalue weighted by molar-refractivity contribution is 7.90. The van der Waals surface area contributed by atoms with Gasteiger partial charge < -0.3 is 14.4 Å². The van der Waals surface area contributed by atoms with Gasteiger partial charge in [0, 0.05) is 25.5 Å². The molecular formula is C22H28N4O5S. The molecule has 0 N–H and O–H groups in total. The van der Waals surface area contributed by atoms with Crippen LogP contribution in [0.5, 0.6) is 5.75 Å². The molecule has 0 radical (unpaired) electrons. The minimum absolute atomic E-state index is 0.144. The first-order chi connectivity index (χ1) is 14.9. The maximum absolute atomic E-state index is 12.3. The minimum Gasteiger partial charge on any atom is -0.484 e. The minimum atomic E-state index is -3.45. The van der Waals surface area contributed by atoms with Gasteiger partial charge in [-0.2, -0.15) is 0 Å². The summed E-state index contributed by atoms with van der Waals surface area (Å²) in [6, 6.07) is 3.84. The molecule has 0 bridgehead atoms. The lowest BCUT2D eigenvalue weighted by molar-refractivity contribution is 0.0251. The summed E-state index contributed by atoms with van der Waals surface area (Å²) < 4.78 is 33.9. The molecule has 3 heterocycles. The lowest BCUT2D eigenvalue weighted by Gasteiger charge is -2.33. The van der Waals surface area contributed by atoms with E-state index >= 15 is 0 Å². The SMILES string of the molecule is CC1CN(C(=O)OC(C)(C)C)CC=C1c1ccc(COc2cnc(S(C)(=O)=O)nc2)nc1. The molecule has 0 aromatic carbocycles. The number of aromatic nitrogens is 3. The fourth-order valence-electron chi connectivity index (χ4n) is 3.20. The van der Waals surface area contributed by atoms with Gasteiger partial charge in [0.05, 0.1) is 18.1 Å². The van der Waals surface area contributed by atoms with Crippen LogP contribution in [-0.2, 0) is 21.2 Å². The number of hydrogen-bond donors (Lipinski definition) is 0. The van der Waals surface area contributed by atoms with Crippen molar-refractivity contribution in [1.29, 1.82) is 0 Å². The van der Waals surface area contributed by atoms with Crippen LogP contribution in [0.2, 0.25) is 0 Å². The Hall–Kier alpha value is -3.01. The summed E-state index contributed by atoms with van der Waals surface area (Å²) in [6.07, 6.45) is 7.20. The van der Waals surface area contributed by atoms with Gasteiger partial charge in [0.15, 0.2) is 5.75 Å². The molecule has 2 aromatic heterocycles. The smallest absolute Gasteiger partial charge is 0.410 e. The number of nitrogens with zero attached hydrogens (tertiary/aromatic N) is 4. The number of ether oxygens (including phenoxy) is 2. The van der Waals surface area contributed by atoms with Crippen molar-refractivity contribution in [3.8, 4) is 5.75 Å². The van der Waals surface area contributed by atoms with Gasteiger partial charge in [-0.25, -0.2) is 23.2 Å². The summed E-state index contributed by atoms with van der Waals surface area (Å²) in [5.41, 5.74) is 2.31. The van der Waals surface area contributed by atoms with E-state index < -0.39 is 15.4 Å². The van der Waals surface area contributed by atoms with E-state index in [-0.39, 0.29) is 23.8 Å². The van der Waals surface area contributed by atoms with Crippen molar-refractivity contribution >= 4 is 21.5 Å². The van der Waals surface area contributed by atoms with E-state index in [4.69, 9.17) is 9.47 Å². The Morgan fingerprint density at radius 3 is 2.38 bits per heavy atom. The fourth-order valence-corrected chi connectivity index (χ4v) is 3.69. The maximum Gasteiger partial charge on any atom is 0.410 e. The third-order valence-electron chi connectivity index (χ3n) is 4.69. The Balaban J connectivity index is 1.60. The van der Waals surface area contributed by atoms with Gasteiger partial charge in [0.25, 0.3) is 0 Å². The average Bonchev–Trinajstić information content (AvgIpc) is 2.71. The zero-order valence-corrected chi connectivity index (χ0v) is 19.7. The van der Waals surface area contributed by atoms with Crippen LogP contribution in [0.3, 0.4) is 0 Å². The van der Waals surface area contributed by atoms with Crippen LogP contribution in [-0.4, -0.2) is 59.3 Å². The second-order valence-electron chi connectivity index (χ2n) is 8.75. The number of sulfone groups is 1. The number of carbonyl (C=O) groups is 1. The van der Waals surface area contributed by atoms with E-state index in [1.165, 1.54) is 12.4 Å².